The molecule has 0 bridgehead atoms. The van der Waals surface area contributed by atoms with Gasteiger partial charge in [0.05, 0.1) is 28.2 Å². The second kappa shape index (κ2) is 4.76. The van der Waals surface area contributed by atoms with Gasteiger partial charge < -0.3 is 0 Å². The van der Waals surface area contributed by atoms with Crippen molar-refractivity contribution in [3.05, 3.63) is 29.8 Å². The predicted octanol–water partition coefficient (Wildman–Crippen LogP) is 2.27. The van der Waals surface area contributed by atoms with Crippen molar-refractivity contribution in [2.75, 3.05) is 6.54 Å². The van der Waals surface area contributed by atoms with Crippen molar-refractivity contribution in [1.82, 2.24) is 5.06 Å². The highest BCUT2D eigenvalue weighted by Gasteiger charge is 2.46. The molecule has 0 N–H and O–H groups in total. The normalized spacial score (nSPS) is 33.6. The van der Waals surface area contributed by atoms with Gasteiger partial charge in [-0.15, -0.1) is 0 Å². The van der Waals surface area contributed by atoms with E-state index in [9.17, 15) is 4.21 Å². The molecule has 0 aliphatic carbocycles. The maximum absolute atomic E-state index is 12.7. The molecule has 2 heterocycles. The zero-order valence-corrected chi connectivity index (χ0v) is 11.7. The molecule has 0 spiro atoms. The van der Waals surface area contributed by atoms with E-state index in [1.165, 1.54) is 5.56 Å². The molecule has 3 nitrogen and oxygen atoms in total. The van der Waals surface area contributed by atoms with Crippen LogP contribution in [-0.4, -0.2) is 33.2 Å². The summed E-state index contributed by atoms with van der Waals surface area (Å²) in [5.74, 6) is 0. The number of aryl methyl sites for hydroxylation is 1. The van der Waals surface area contributed by atoms with Crippen LogP contribution in [0.3, 0.4) is 0 Å². The van der Waals surface area contributed by atoms with Crippen molar-refractivity contribution in [3.8, 4) is 0 Å². The predicted molar refractivity (Wildman–Crippen MR) is 71.7 cm³/mol. The molecular formula is C14H19NO2S. The van der Waals surface area contributed by atoms with Crippen molar-refractivity contribution >= 4 is 10.8 Å². The first-order valence-electron chi connectivity index (χ1n) is 6.57. The number of hydrogen-bond donors (Lipinski definition) is 0. The Morgan fingerprint density at radius 1 is 1.33 bits per heavy atom. The number of fused-ring (bicyclic) bond motifs is 1. The summed E-state index contributed by atoms with van der Waals surface area (Å²) in [4.78, 5) is 6.73. The minimum Gasteiger partial charge on any atom is -0.294 e. The van der Waals surface area contributed by atoms with Crippen LogP contribution in [-0.2, 0) is 15.6 Å². The summed E-state index contributed by atoms with van der Waals surface area (Å²) in [5, 5.41) is 2.15. The van der Waals surface area contributed by atoms with Crippen LogP contribution in [0.15, 0.2) is 29.2 Å². The maximum atomic E-state index is 12.7. The Balaban J connectivity index is 1.85. The first-order chi connectivity index (χ1) is 8.66. The van der Waals surface area contributed by atoms with Crippen molar-refractivity contribution in [2.45, 2.75) is 49.0 Å². The third kappa shape index (κ3) is 2.02. The number of benzene rings is 1. The molecule has 98 valence electrons. The molecule has 2 aliphatic heterocycles. The molecular weight excluding hydrogens is 246 g/mol. The van der Waals surface area contributed by atoms with Gasteiger partial charge in [-0.2, -0.15) is 5.06 Å². The highest BCUT2D eigenvalue weighted by atomic mass is 32.2. The van der Waals surface area contributed by atoms with E-state index < -0.39 is 10.8 Å². The lowest BCUT2D eigenvalue weighted by Gasteiger charge is -2.18. The molecule has 0 aromatic heterocycles. The summed E-state index contributed by atoms with van der Waals surface area (Å²) >= 11 is 0. The number of rotatable bonds is 2. The summed E-state index contributed by atoms with van der Waals surface area (Å²) in [5.41, 5.74) is 1.20. The molecule has 0 saturated carbocycles. The lowest BCUT2D eigenvalue weighted by molar-refractivity contribution is -0.142. The van der Waals surface area contributed by atoms with E-state index in [-0.39, 0.29) is 11.4 Å². The average molecular weight is 265 g/mol. The topological polar surface area (TPSA) is 29.5 Å². The molecule has 18 heavy (non-hydrogen) atoms. The highest BCUT2D eigenvalue weighted by Crippen LogP contribution is 2.35. The van der Waals surface area contributed by atoms with Crippen LogP contribution in [0, 0.1) is 6.92 Å². The van der Waals surface area contributed by atoms with Gasteiger partial charge in [0.2, 0.25) is 0 Å². The van der Waals surface area contributed by atoms with Crippen LogP contribution in [0.1, 0.15) is 25.3 Å². The summed E-state index contributed by atoms with van der Waals surface area (Å²) in [6, 6.07) is 8.35. The fourth-order valence-electron chi connectivity index (χ4n) is 2.96. The second-order valence-electron chi connectivity index (χ2n) is 5.24. The first kappa shape index (κ1) is 12.3. The molecule has 1 aromatic rings. The van der Waals surface area contributed by atoms with E-state index in [1.807, 2.05) is 43.2 Å². The first-order valence-corrected chi connectivity index (χ1v) is 7.79. The van der Waals surface area contributed by atoms with Crippen LogP contribution in [0.25, 0.3) is 0 Å². The molecule has 3 rings (SSSR count). The fourth-order valence-corrected chi connectivity index (χ4v) is 4.63. The molecule has 0 amide bonds. The van der Waals surface area contributed by atoms with E-state index in [1.54, 1.807) is 0 Å². The molecule has 1 aromatic carbocycles. The number of nitrogens with zero attached hydrogens (tertiary/aromatic N) is 1. The molecule has 4 heteroatoms. The highest BCUT2D eigenvalue weighted by molar-refractivity contribution is 7.85. The van der Waals surface area contributed by atoms with E-state index in [0.717, 1.165) is 24.3 Å². The maximum Gasteiger partial charge on any atom is 0.0928 e. The minimum atomic E-state index is -0.974. The van der Waals surface area contributed by atoms with E-state index in [2.05, 4.69) is 0 Å². The zero-order chi connectivity index (χ0) is 12.7. The molecule has 4 atom stereocenters. The van der Waals surface area contributed by atoms with Gasteiger partial charge in [-0.25, -0.2) is 0 Å². The van der Waals surface area contributed by atoms with Crippen LogP contribution in [0.5, 0.6) is 0 Å². The average Bonchev–Trinajstić information content (AvgIpc) is 2.89. The summed E-state index contributed by atoms with van der Waals surface area (Å²) in [6.07, 6.45) is 2.31. The smallest absolute Gasteiger partial charge is 0.0928 e. The standard InChI is InChI=1S/C14H19NO2S/c1-10-5-7-12(8-6-10)18(16)14-11(2)17-15-9-3-4-13(14)15/h5-8,11,13-14H,3-4,9H2,1-2H3/t11-,13-,14+,18+/m1/s1. The number of hydroxylamine groups is 2. The second-order valence-corrected chi connectivity index (χ2v) is 6.85. The van der Waals surface area contributed by atoms with Gasteiger partial charge in [-0.05, 0) is 38.8 Å². The van der Waals surface area contributed by atoms with Gasteiger partial charge in [-0.1, -0.05) is 17.7 Å². The van der Waals surface area contributed by atoms with E-state index in [0.29, 0.717) is 6.04 Å². The van der Waals surface area contributed by atoms with Crippen LogP contribution >= 0.6 is 0 Å². The number of hydrogen-bond acceptors (Lipinski definition) is 3. The third-order valence-corrected chi connectivity index (χ3v) is 5.82. The van der Waals surface area contributed by atoms with Gasteiger partial charge in [-0.3, -0.25) is 9.05 Å². The zero-order valence-electron chi connectivity index (χ0n) is 10.8. The fraction of sp³-hybridized carbons (Fsp3) is 0.571. The monoisotopic (exact) mass is 265 g/mol. The summed E-state index contributed by atoms with van der Waals surface area (Å²) in [6.45, 7) is 5.07. The molecule has 0 radical (unpaired) electrons. The summed E-state index contributed by atoms with van der Waals surface area (Å²) < 4.78 is 12.7. The quantitative estimate of drug-likeness (QED) is 0.821. The van der Waals surface area contributed by atoms with Gasteiger partial charge >= 0.3 is 0 Å². The minimum absolute atomic E-state index is 0.0532. The van der Waals surface area contributed by atoms with Crippen LogP contribution < -0.4 is 0 Å². The van der Waals surface area contributed by atoms with Gasteiger partial charge in [0.15, 0.2) is 0 Å². The van der Waals surface area contributed by atoms with Crippen molar-refractivity contribution in [1.29, 1.82) is 0 Å². The lowest BCUT2D eigenvalue weighted by atomic mass is 10.1. The van der Waals surface area contributed by atoms with Crippen molar-refractivity contribution < 1.29 is 9.05 Å². The van der Waals surface area contributed by atoms with Crippen LogP contribution in [0.4, 0.5) is 0 Å². The molecule has 2 fully saturated rings. The van der Waals surface area contributed by atoms with Gasteiger partial charge in [0, 0.05) is 11.4 Å². The van der Waals surface area contributed by atoms with Crippen molar-refractivity contribution in [3.63, 3.8) is 0 Å². The molecule has 2 aliphatic rings. The van der Waals surface area contributed by atoms with E-state index in [4.69, 9.17) is 4.84 Å². The van der Waals surface area contributed by atoms with E-state index >= 15 is 0 Å². The summed E-state index contributed by atoms with van der Waals surface area (Å²) in [7, 11) is -0.974. The molecule has 2 saturated heterocycles. The Hall–Kier alpha value is -0.710. The van der Waals surface area contributed by atoms with Crippen LogP contribution in [0.2, 0.25) is 0 Å². The Labute approximate surface area is 111 Å². The Kier molecular flexibility index (Phi) is 3.26. The lowest BCUT2D eigenvalue weighted by Crippen LogP contribution is -2.34. The Morgan fingerprint density at radius 3 is 2.78 bits per heavy atom. The molecule has 0 unspecified atom stereocenters. The van der Waals surface area contributed by atoms with Gasteiger partial charge in [0.1, 0.15) is 0 Å². The SMILES string of the molecule is Cc1ccc([S@](=O)[C@@H]2[C@H]3CCCN3O[C@@H]2C)cc1. The Bertz CT molecular complexity index is 459. The van der Waals surface area contributed by atoms with Crippen molar-refractivity contribution in [2.24, 2.45) is 0 Å². The third-order valence-electron chi connectivity index (χ3n) is 3.89. The Morgan fingerprint density at radius 2 is 2.06 bits per heavy atom. The van der Waals surface area contributed by atoms with Gasteiger partial charge in [0.25, 0.3) is 0 Å². The largest absolute Gasteiger partial charge is 0.294 e.